The largest absolute Gasteiger partial charge is 0.490 e. The number of hydrogen-bond acceptors (Lipinski definition) is 4. The lowest BCUT2D eigenvalue weighted by atomic mass is 10.1. The lowest BCUT2D eigenvalue weighted by molar-refractivity contribution is -0.120. The molecule has 0 aliphatic carbocycles. The van der Waals surface area contributed by atoms with Gasteiger partial charge in [0, 0.05) is 33.1 Å². The van der Waals surface area contributed by atoms with Crippen LogP contribution in [0.15, 0.2) is 18.2 Å². The van der Waals surface area contributed by atoms with Crippen LogP contribution in [0.4, 0.5) is 4.79 Å². The van der Waals surface area contributed by atoms with Crippen molar-refractivity contribution in [1.82, 2.24) is 15.5 Å². The summed E-state index contributed by atoms with van der Waals surface area (Å²) in [6.45, 7) is 6.61. The summed E-state index contributed by atoms with van der Waals surface area (Å²) in [7, 11) is 1.49. The summed E-state index contributed by atoms with van der Waals surface area (Å²) >= 11 is 0. The van der Waals surface area contributed by atoms with Crippen molar-refractivity contribution < 1.29 is 14.3 Å². The van der Waals surface area contributed by atoms with Gasteiger partial charge in [-0.25, -0.2) is 4.79 Å². The zero-order valence-electron chi connectivity index (χ0n) is 14.7. The van der Waals surface area contributed by atoms with Gasteiger partial charge in [-0.2, -0.15) is 0 Å². The van der Waals surface area contributed by atoms with E-state index < -0.39 is 6.03 Å². The van der Waals surface area contributed by atoms with Crippen molar-refractivity contribution in [3.63, 3.8) is 0 Å². The lowest BCUT2D eigenvalue weighted by Crippen LogP contribution is -2.42. The average Bonchev–Trinajstić information content (AvgIpc) is 2.57. The van der Waals surface area contributed by atoms with Crippen molar-refractivity contribution in [2.24, 2.45) is 0 Å². The van der Waals surface area contributed by atoms with Crippen LogP contribution < -0.4 is 15.4 Å². The van der Waals surface area contributed by atoms with E-state index in [-0.39, 0.29) is 12.0 Å². The summed E-state index contributed by atoms with van der Waals surface area (Å²) in [5.41, 5.74) is 2.36. The number of benzene rings is 1. The van der Waals surface area contributed by atoms with Gasteiger partial charge in [-0.1, -0.05) is 12.1 Å². The normalized spacial score (nSPS) is 15.8. The monoisotopic (exact) mass is 333 g/mol. The predicted molar refractivity (Wildman–Crippen MR) is 93.2 cm³/mol. The minimum Gasteiger partial charge on any atom is -0.490 e. The van der Waals surface area contributed by atoms with Crippen molar-refractivity contribution in [2.45, 2.75) is 39.2 Å². The molecule has 1 aliphatic heterocycles. The van der Waals surface area contributed by atoms with Gasteiger partial charge in [0.15, 0.2) is 0 Å². The maximum absolute atomic E-state index is 11.6. The van der Waals surface area contributed by atoms with E-state index in [1.54, 1.807) is 0 Å². The molecule has 2 rings (SSSR count). The third-order valence-corrected chi connectivity index (χ3v) is 4.31. The fourth-order valence-corrected chi connectivity index (χ4v) is 2.78. The van der Waals surface area contributed by atoms with E-state index in [0.717, 1.165) is 37.2 Å². The Bertz CT molecular complexity index is 581. The molecule has 0 bridgehead atoms. The summed E-state index contributed by atoms with van der Waals surface area (Å²) < 4.78 is 6.15. The van der Waals surface area contributed by atoms with E-state index in [2.05, 4.69) is 47.6 Å². The Morgan fingerprint density at radius 1 is 1.25 bits per heavy atom. The molecule has 0 saturated carbocycles. The highest BCUT2D eigenvalue weighted by Crippen LogP contribution is 2.23. The highest BCUT2D eigenvalue weighted by atomic mass is 16.5. The molecule has 0 atom stereocenters. The first-order valence-corrected chi connectivity index (χ1v) is 8.45. The number of carbonyl (C=O) groups is 2. The Balaban J connectivity index is 1.72. The van der Waals surface area contributed by atoms with Crippen LogP contribution in [0.2, 0.25) is 0 Å². The second kappa shape index (κ2) is 8.68. The molecule has 1 aliphatic rings. The third-order valence-electron chi connectivity index (χ3n) is 4.31. The lowest BCUT2D eigenvalue weighted by Gasteiger charge is -2.32. The SMILES string of the molecule is CNC(=O)NC(=O)CCN1CCC(Oc2cc(C)ccc2C)CC1. The van der Waals surface area contributed by atoms with Crippen LogP contribution in [-0.4, -0.2) is 49.6 Å². The molecule has 3 amide bonds. The number of aryl methyl sites for hydroxylation is 2. The Hall–Kier alpha value is -2.08. The third kappa shape index (κ3) is 5.53. The minimum absolute atomic E-state index is 0.224. The number of carbonyl (C=O) groups excluding carboxylic acids is 2. The van der Waals surface area contributed by atoms with Gasteiger partial charge < -0.3 is 15.0 Å². The van der Waals surface area contributed by atoms with Gasteiger partial charge in [-0.15, -0.1) is 0 Å². The van der Waals surface area contributed by atoms with Crippen LogP contribution in [0.1, 0.15) is 30.4 Å². The average molecular weight is 333 g/mol. The van der Waals surface area contributed by atoms with E-state index in [4.69, 9.17) is 4.74 Å². The molecule has 24 heavy (non-hydrogen) atoms. The first-order chi connectivity index (χ1) is 11.5. The van der Waals surface area contributed by atoms with Gasteiger partial charge in [0.25, 0.3) is 0 Å². The Kier molecular flexibility index (Phi) is 6.61. The topological polar surface area (TPSA) is 70.7 Å². The van der Waals surface area contributed by atoms with E-state index in [1.165, 1.54) is 12.6 Å². The van der Waals surface area contributed by atoms with Crippen molar-refractivity contribution in [2.75, 3.05) is 26.7 Å². The molecule has 6 heteroatoms. The van der Waals surface area contributed by atoms with E-state index in [9.17, 15) is 9.59 Å². The zero-order chi connectivity index (χ0) is 17.5. The molecule has 1 aromatic rings. The number of imide groups is 1. The van der Waals surface area contributed by atoms with Gasteiger partial charge in [0.1, 0.15) is 11.9 Å². The van der Waals surface area contributed by atoms with Crippen LogP contribution in [0.5, 0.6) is 5.75 Å². The van der Waals surface area contributed by atoms with Crippen LogP contribution >= 0.6 is 0 Å². The fourth-order valence-electron chi connectivity index (χ4n) is 2.78. The van der Waals surface area contributed by atoms with Crippen LogP contribution in [0.3, 0.4) is 0 Å². The Morgan fingerprint density at radius 2 is 1.96 bits per heavy atom. The number of ether oxygens (including phenoxy) is 1. The second-order valence-electron chi connectivity index (χ2n) is 6.31. The number of amides is 3. The van der Waals surface area contributed by atoms with Gasteiger partial charge >= 0.3 is 6.03 Å². The van der Waals surface area contributed by atoms with Crippen LogP contribution in [-0.2, 0) is 4.79 Å². The molecule has 0 radical (unpaired) electrons. The summed E-state index contributed by atoms with van der Waals surface area (Å²) in [6, 6.07) is 5.81. The standard InChI is InChI=1S/C18H27N3O3/c1-13-4-5-14(2)16(12-13)24-15-6-9-21(10-7-15)11-8-17(22)20-18(23)19-3/h4-5,12,15H,6-11H2,1-3H3,(H2,19,20,22,23). The quantitative estimate of drug-likeness (QED) is 0.864. The minimum atomic E-state index is -0.458. The molecular formula is C18H27N3O3. The molecule has 0 aromatic heterocycles. The molecular weight excluding hydrogens is 306 g/mol. The Labute approximate surface area is 143 Å². The van der Waals surface area contributed by atoms with Gasteiger partial charge in [0.2, 0.25) is 5.91 Å². The summed E-state index contributed by atoms with van der Waals surface area (Å²) in [5.74, 6) is 0.724. The van der Waals surface area contributed by atoms with E-state index in [1.807, 2.05) is 0 Å². The van der Waals surface area contributed by atoms with Crippen molar-refractivity contribution in [1.29, 1.82) is 0 Å². The van der Waals surface area contributed by atoms with Crippen LogP contribution in [0.25, 0.3) is 0 Å². The molecule has 1 heterocycles. The summed E-state index contributed by atoms with van der Waals surface area (Å²) in [5, 5.41) is 4.65. The van der Waals surface area contributed by atoms with Gasteiger partial charge in [-0.3, -0.25) is 10.1 Å². The van der Waals surface area contributed by atoms with E-state index >= 15 is 0 Å². The number of hydrogen-bond donors (Lipinski definition) is 2. The van der Waals surface area contributed by atoms with Crippen molar-refractivity contribution in [3.8, 4) is 5.75 Å². The van der Waals surface area contributed by atoms with E-state index in [0.29, 0.717) is 13.0 Å². The number of piperidine rings is 1. The molecule has 132 valence electrons. The highest BCUT2D eigenvalue weighted by molar-refractivity contribution is 5.94. The number of nitrogens with zero attached hydrogens (tertiary/aromatic N) is 1. The smallest absolute Gasteiger partial charge is 0.321 e. The predicted octanol–water partition coefficient (Wildman–Crippen LogP) is 1.99. The number of nitrogens with one attached hydrogen (secondary N) is 2. The maximum Gasteiger partial charge on any atom is 0.321 e. The molecule has 2 N–H and O–H groups in total. The highest BCUT2D eigenvalue weighted by Gasteiger charge is 2.21. The first kappa shape index (κ1) is 18.3. The van der Waals surface area contributed by atoms with Gasteiger partial charge in [-0.05, 0) is 43.9 Å². The summed E-state index contributed by atoms with van der Waals surface area (Å²) in [6.07, 6.45) is 2.45. The molecule has 6 nitrogen and oxygen atoms in total. The first-order valence-electron chi connectivity index (χ1n) is 8.45. The second-order valence-corrected chi connectivity index (χ2v) is 6.31. The molecule has 1 aromatic carbocycles. The number of rotatable bonds is 5. The fraction of sp³-hybridized carbons (Fsp3) is 0.556. The molecule has 0 spiro atoms. The Morgan fingerprint density at radius 3 is 2.62 bits per heavy atom. The molecule has 0 unspecified atom stereocenters. The maximum atomic E-state index is 11.6. The van der Waals surface area contributed by atoms with Crippen LogP contribution in [0, 0.1) is 13.8 Å². The zero-order valence-corrected chi connectivity index (χ0v) is 14.7. The summed E-state index contributed by atoms with van der Waals surface area (Å²) in [4.78, 5) is 24.9. The number of likely N-dealkylation sites (tertiary alicyclic amines) is 1. The molecule has 1 fully saturated rings. The van der Waals surface area contributed by atoms with Crippen molar-refractivity contribution in [3.05, 3.63) is 29.3 Å². The number of urea groups is 1. The molecule has 1 saturated heterocycles. The van der Waals surface area contributed by atoms with Gasteiger partial charge in [0.05, 0.1) is 0 Å². The van der Waals surface area contributed by atoms with Crippen molar-refractivity contribution >= 4 is 11.9 Å².